The third-order valence-electron chi connectivity index (χ3n) is 2.73. The molecule has 0 fully saturated rings. The number of ether oxygens (including phenoxy) is 2. The summed E-state index contributed by atoms with van der Waals surface area (Å²) in [7, 11) is 1.17. The molecule has 1 aromatic carbocycles. The summed E-state index contributed by atoms with van der Waals surface area (Å²) in [6.45, 7) is 5.37. The molecule has 0 aromatic heterocycles. The number of benzene rings is 1. The highest BCUT2D eigenvalue weighted by Crippen LogP contribution is 2.17. The number of nitrogens with zero attached hydrogens (tertiary/aromatic N) is 1. The van der Waals surface area contributed by atoms with Gasteiger partial charge < -0.3 is 19.5 Å². The van der Waals surface area contributed by atoms with Gasteiger partial charge in [0.15, 0.2) is 0 Å². The lowest BCUT2D eigenvalue weighted by Gasteiger charge is -2.22. The first-order valence-electron chi connectivity index (χ1n) is 7.33. The fourth-order valence-electron chi connectivity index (χ4n) is 1.79. The maximum absolute atomic E-state index is 11.9. The monoisotopic (exact) mass is 335 g/mol. The number of nitrogens with one attached hydrogen (secondary N) is 1. The maximum atomic E-state index is 11.9. The topological polar surface area (TPSA) is 108 Å². The molecule has 0 saturated carbocycles. The van der Waals surface area contributed by atoms with E-state index in [9.17, 15) is 19.7 Å². The van der Waals surface area contributed by atoms with E-state index in [1.165, 1.54) is 31.7 Å². The van der Waals surface area contributed by atoms with Gasteiger partial charge in [-0.3, -0.25) is 14.9 Å². The fraction of sp³-hybridized carbons (Fsp3) is 0.467. The van der Waals surface area contributed by atoms with E-state index in [1.807, 2.05) is 0 Å². The lowest BCUT2D eigenvalue weighted by atomic mass is 9.96. The molecule has 1 aromatic rings. The van der Waals surface area contributed by atoms with Crippen LogP contribution in [0.5, 0.6) is 5.75 Å². The molecule has 0 heterocycles. The number of hydrogen-bond acceptors (Lipinski definition) is 7. The average molecular weight is 335 g/mol. The Hall–Kier alpha value is -2.42. The Bertz CT molecular complexity index is 570. The van der Waals surface area contributed by atoms with Gasteiger partial charge in [-0.1, -0.05) is 0 Å². The van der Waals surface area contributed by atoms with Crippen LogP contribution < -0.4 is 9.96 Å². The molecule has 0 unspecified atom stereocenters. The van der Waals surface area contributed by atoms with Gasteiger partial charge in [-0.2, -0.15) is 0 Å². The van der Waals surface area contributed by atoms with Gasteiger partial charge in [0.25, 0.3) is 13.1 Å². The van der Waals surface area contributed by atoms with Crippen LogP contribution in [0.15, 0.2) is 24.3 Å². The number of hydrogen-bond donors (Lipinski definition) is 1. The van der Waals surface area contributed by atoms with Crippen molar-refractivity contribution in [1.29, 1.82) is 0 Å². The molecule has 129 valence electrons. The largest absolute Gasteiger partial charge is 0.492 e. The molecule has 0 aliphatic heterocycles. The maximum Gasteiger partial charge on any atom is 0.307 e. The molecule has 1 atom stereocenters. The first kappa shape index (κ1) is 19.6. The summed E-state index contributed by atoms with van der Waals surface area (Å²) < 4.78 is 10.7. The number of rotatable bonds is 9. The van der Waals surface area contributed by atoms with Crippen LogP contribution in [0.2, 0.25) is 0 Å². The van der Waals surface area contributed by atoms with Crippen LogP contribution in [0.1, 0.15) is 27.2 Å². The number of esters is 1. The minimum atomic E-state index is -0.602. The summed E-state index contributed by atoms with van der Waals surface area (Å²) in [5, 5.41) is 13.4. The molecule has 0 spiro atoms. The number of carbonyl (C=O) groups is 2. The number of non-ortho nitro benzene ring substituents is 1. The molecule has 1 N–H and O–H groups in total. The van der Waals surface area contributed by atoms with E-state index in [0.717, 1.165) is 0 Å². The molecular weight excluding hydrogens is 315 g/mol. The Balaban J connectivity index is 2.60. The van der Waals surface area contributed by atoms with Crippen molar-refractivity contribution in [2.24, 2.45) is 0 Å². The molecule has 8 nitrogen and oxygen atoms in total. The van der Waals surface area contributed by atoms with Crippen LogP contribution in [0.25, 0.3) is 0 Å². The highest BCUT2D eigenvalue weighted by Gasteiger charge is 2.21. The number of carbonyl (C=O) groups excluding carboxylic acids is 2. The lowest BCUT2D eigenvalue weighted by molar-refractivity contribution is -0.384. The van der Waals surface area contributed by atoms with Crippen molar-refractivity contribution in [1.82, 2.24) is 5.23 Å². The molecule has 0 aliphatic rings. The van der Waals surface area contributed by atoms with E-state index in [-0.39, 0.29) is 18.7 Å². The minimum Gasteiger partial charge on any atom is -0.492 e. The van der Waals surface area contributed by atoms with Crippen LogP contribution >= 0.6 is 0 Å². The highest BCUT2D eigenvalue weighted by molar-refractivity contribution is 6.64. The fourth-order valence-corrected chi connectivity index (χ4v) is 1.79. The van der Waals surface area contributed by atoms with Crippen molar-refractivity contribution in [3.05, 3.63) is 34.4 Å². The van der Waals surface area contributed by atoms with Crippen LogP contribution in [0, 0.1) is 10.1 Å². The van der Waals surface area contributed by atoms with E-state index in [4.69, 9.17) is 9.47 Å². The zero-order valence-electron chi connectivity index (χ0n) is 13.9. The minimum absolute atomic E-state index is 0.00852. The van der Waals surface area contributed by atoms with Gasteiger partial charge in [-0.05, 0) is 32.9 Å². The molecule has 0 bridgehead atoms. The zero-order valence-corrected chi connectivity index (χ0v) is 13.9. The Kier molecular flexibility index (Phi) is 7.38. The third-order valence-corrected chi connectivity index (χ3v) is 2.73. The molecule has 0 aliphatic carbocycles. The third kappa shape index (κ3) is 7.73. The molecule has 0 amide bonds. The van der Waals surface area contributed by atoms with Crippen LogP contribution in [0.3, 0.4) is 0 Å². The van der Waals surface area contributed by atoms with Crippen molar-refractivity contribution < 1.29 is 24.0 Å². The van der Waals surface area contributed by atoms with E-state index >= 15 is 0 Å². The van der Waals surface area contributed by atoms with Gasteiger partial charge in [0.05, 0.1) is 17.5 Å². The molecule has 9 heteroatoms. The molecule has 1 rings (SSSR count). The summed E-state index contributed by atoms with van der Waals surface area (Å²) in [6.07, 6.45) is 0.572. The van der Waals surface area contributed by atoms with Gasteiger partial charge in [-0.25, -0.2) is 0 Å². The van der Waals surface area contributed by atoms with E-state index < -0.39 is 22.5 Å². The highest BCUT2D eigenvalue weighted by atomic mass is 16.6. The number of nitro groups is 1. The smallest absolute Gasteiger partial charge is 0.307 e. The summed E-state index contributed by atoms with van der Waals surface area (Å²) in [5.74, 6) is -0.00529. The van der Waals surface area contributed by atoms with E-state index in [1.54, 1.807) is 20.8 Å². The van der Waals surface area contributed by atoms with Gasteiger partial charge in [0, 0.05) is 18.2 Å². The second-order valence-electron chi connectivity index (χ2n) is 6.02. The predicted octanol–water partition coefficient (Wildman–Crippen LogP) is 1.47. The average Bonchev–Trinajstić information content (AvgIpc) is 2.48. The predicted molar refractivity (Wildman–Crippen MR) is 88.5 cm³/mol. The Morgan fingerprint density at radius 3 is 2.50 bits per heavy atom. The molecule has 1 radical (unpaired) electrons. The summed E-state index contributed by atoms with van der Waals surface area (Å²) in [5.41, 5.74) is -0.644. The molecule has 0 saturated heterocycles. The van der Waals surface area contributed by atoms with Crippen molar-refractivity contribution in [3.8, 4) is 5.75 Å². The molecule has 24 heavy (non-hydrogen) atoms. The Labute approximate surface area is 140 Å². The number of nitro benzene ring substituents is 1. The van der Waals surface area contributed by atoms with Crippen LogP contribution in [-0.4, -0.2) is 42.7 Å². The van der Waals surface area contributed by atoms with Crippen molar-refractivity contribution in [3.63, 3.8) is 0 Å². The lowest BCUT2D eigenvalue weighted by Crippen LogP contribution is -2.40. The Morgan fingerprint density at radius 2 is 2.00 bits per heavy atom. The van der Waals surface area contributed by atoms with Gasteiger partial charge in [0.1, 0.15) is 18.0 Å². The first-order valence-corrected chi connectivity index (χ1v) is 7.33. The van der Waals surface area contributed by atoms with Gasteiger partial charge >= 0.3 is 5.97 Å². The normalized spacial score (nSPS) is 12.1. The standard InChI is InChI=1S/C15H20BN2O6/c1-15(2,3)24-14(20)8-11(17-16-10-19)9-23-13-6-4-12(5-7-13)18(21)22/h4-7,10-11,17H,8-9H2,1-3H3/t11-/m1/s1. The van der Waals surface area contributed by atoms with Crippen molar-refractivity contribution in [2.45, 2.75) is 38.8 Å². The zero-order chi connectivity index (χ0) is 18.2. The first-order chi connectivity index (χ1) is 11.2. The second-order valence-corrected chi connectivity index (χ2v) is 6.02. The van der Waals surface area contributed by atoms with Gasteiger partial charge in [-0.15, -0.1) is 0 Å². The van der Waals surface area contributed by atoms with Crippen molar-refractivity contribution in [2.75, 3.05) is 6.61 Å². The summed E-state index contributed by atoms with van der Waals surface area (Å²) in [6, 6.07) is 5.10. The SMILES string of the molecule is CC(C)(C)OC(=O)C[C@H](COc1ccc([N+](=O)[O-])cc1)N[B]C=O. The van der Waals surface area contributed by atoms with E-state index in [0.29, 0.717) is 11.9 Å². The summed E-state index contributed by atoms with van der Waals surface area (Å²) in [4.78, 5) is 32.4. The second kappa shape index (κ2) is 9.02. The Morgan fingerprint density at radius 1 is 1.38 bits per heavy atom. The van der Waals surface area contributed by atoms with Gasteiger partial charge in [0.2, 0.25) is 0 Å². The van der Waals surface area contributed by atoms with E-state index in [2.05, 4.69) is 5.23 Å². The molecular formula is C15H20BN2O6. The van der Waals surface area contributed by atoms with Crippen molar-refractivity contribution >= 4 is 25.3 Å². The van der Waals surface area contributed by atoms with Crippen LogP contribution in [-0.2, 0) is 14.3 Å². The quantitative estimate of drug-likeness (QED) is 0.239. The summed E-state index contributed by atoms with van der Waals surface area (Å²) >= 11 is 0. The van der Waals surface area contributed by atoms with Crippen LogP contribution in [0.4, 0.5) is 5.69 Å².